The normalized spacial score (nSPS) is 13.8. The third-order valence-corrected chi connectivity index (χ3v) is 3.91. The lowest BCUT2D eigenvalue weighted by molar-refractivity contribution is 0.397. The number of rotatable bonds is 3. The number of hydrogen-bond donors (Lipinski definition) is 0. The maximum Gasteiger partial charge on any atom is 0.122 e. The van der Waals surface area contributed by atoms with Gasteiger partial charge in [0.2, 0.25) is 0 Å². The highest BCUT2D eigenvalue weighted by atomic mass is 16.5. The largest absolute Gasteiger partial charge is 0.496 e. The molecule has 1 aromatic rings. The van der Waals surface area contributed by atoms with E-state index in [0.717, 1.165) is 11.7 Å². The van der Waals surface area contributed by atoms with E-state index in [9.17, 15) is 0 Å². The molecule has 0 aromatic heterocycles. The predicted molar refractivity (Wildman–Crippen MR) is 118 cm³/mol. The second-order valence-corrected chi connectivity index (χ2v) is 5.95. The van der Waals surface area contributed by atoms with Crippen LogP contribution in [0, 0.1) is 5.92 Å². The molecule has 0 heterocycles. The van der Waals surface area contributed by atoms with Gasteiger partial charge in [-0.05, 0) is 42.4 Å². The molecule has 1 aliphatic carbocycles. The topological polar surface area (TPSA) is 9.23 Å². The first-order valence-corrected chi connectivity index (χ1v) is 10.8. The van der Waals surface area contributed by atoms with Crippen LogP contribution in [0.2, 0.25) is 0 Å². The van der Waals surface area contributed by atoms with Gasteiger partial charge in [-0.3, -0.25) is 0 Å². The molecule has 0 N–H and O–H groups in total. The van der Waals surface area contributed by atoms with Crippen LogP contribution in [0.1, 0.15) is 106 Å². The van der Waals surface area contributed by atoms with Crippen LogP contribution in [0.3, 0.4) is 0 Å². The Bertz CT molecular complexity index is 335. The number of ether oxygens (including phenoxy) is 1. The van der Waals surface area contributed by atoms with E-state index in [4.69, 9.17) is 4.74 Å². The highest BCUT2D eigenvalue weighted by molar-refractivity contribution is 5.41. The van der Waals surface area contributed by atoms with E-state index in [-0.39, 0.29) is 0 Å². The van der Waals surface area contributed by atoms with Crippen LogP contribution in [0.5, 0.6) is 5.75 Å². The molecule has 0 amide bonds. The van der Waals surface area contributed by atoms with Crippen molar-refractivity contribution < 1.29 is 4.74 Å². The minimum Gasteiger partial charge on any atom is -0.496 e. The first kappa shape index (κ1) is 28.8. The number of unbranched alkanes of at least 4 members (excludes halogenated alkanes) is 2. The summed E-state index contributed by atoms with van der Waals surface area (Å²) in [5.74, 6) is 1.88. The van der Waals surface area contributed by atoms with Crippen LogP contribution in [-0.2, 0) is 12.8 Å². The van der Waals surface area contributed by atoms with Gasteiger partial charge < -0.3 is 4.74 Å². The smallest absolute Gasteiger partial charge is 0.122 e. The van der Waals surface area contributed by atoms with Crippen molar-refractivity contribution in [3.63, 3.8) is 0 Å². The van der Waals surface area contributed by atoms with Crippen LogP contribution in [0.25, 0.3) is 0 Å². The summed E-state index contributed by atoms with van der Waals surface area (Å²) in [5.41, 5.74) is 2.92. The van der Waals surface area contributed by atoms with Gasteiger partial charge in [0.1, 0.15) is 5.75 Å². The molecule has 1 aromatic carbocycles. The summed E-state index contributed by atoms with van der Waals surface area (Å²) in [7, 11) is 1.76. The molecule has 0 saturated carbocycles. The lowest BCUT2D eigenvalue weighted by atomic mass is 9.84. The third kappa shape index (κ3) is 15.0. The number of aryl methyl sites for hydroxylation is 1. The summed E-state index contributed by atoms with van der Waals surface area (Å²) >= 11 is 0. The van der Waals surface area contributed by atoms with Crippen LogP contribution >= 0.6 is 0 Å². The Morgan fingerprint density at radius 3 is 1.76 bits per heavy atom. The van der Waals surface area contributed by atoms with Gasteiger partial charge in [-0.25, -0.2) is 0 Å². The van der Waals surface area contributed by atoms with Crippen LogP contribution in [0.4, 0.5) is 0 Å². The van der Waals surface area contributed by atoms with Crippen LogP contribution < -0.4 is 4.74 Å². The summed E-state index contributed by atoms with van der Waals surface area (Å²) in [5, 5.41) is 0. The zero-order valence-electron chi connectivity index (χ0n) is 19.2. The molecule has 0 aliphatic heterocycles. The monoisotopic (exact) mass is 352 g/mol. The molecule has 0 fully saturated rings. The third-order valence-electron chi connectivity index (χ3n) is 3.91. The molecule has 2 rings (SSSR count). The summed E-state index contributed by atoms with van der Waals surface area (Å²) in [6.45, 7) is 19.0. The van der Waals surface area contributed by atoms with Crippen molar-refractivity contribution in [1.82, 2.24) is 0 Å². The van der Waals surface area contributed by atoms with Crippen molar-refractivity contribution in [3.8, 4) is 5.75 Å². The van der Waals surface area contributed by atoms with E-state index in [1.54, 1.807) is 7.11 Å². The van der Waals surface area contributed by atoms with Crippen molar-refractivity contribution in [1.29, 1.82) is 0 Å². The molecule has 0 spiro atoms. The second-order valence-electron chi connectivity index (χ2n) is 5.95. The minimum absolute atomic E-state index is 0.809. The molecule has 25 heavy (non-hydrogen) atoms. The van der Waals surface area contributed by atoms with Gasteiger partial charge in [0.15, 0.2) is 0 Å². The van der Waals surface area contributed by atoms with Gasteiger partial charge in [-0.2, -0.15) is 0 Å². The standard InChI is InChI=1S/C12H16O.2C4H10.2C2H6/c1-9-6-7-10-4-3-5-12(13-2)11(10)8-9;2*1-3-4-2;2*1-2/h3-5,9H,6-8H2,1-2H3;2*3-4H2,1-2H3;2*1-2H3. The molecular weight excluding hydrogens is 304 g/mol. The van der Waals surface area contributed by atoms with Crippen molar-refractivity contribution in [2.24, 2.45) is 5.92 Å². The molecule has 1 nitrogen and oxygen atoms in total. The van der Waals surface area contributed by atoms with E-state index in [0.29, 0.717) is 0 Å². The Hall–Kier alpha value is -0.980. The number of hydrogen-bond acceptors (Lipinski definition) is 1. The van der Waals surface area contributed by atoms with E-state index in [1.165, 1.54) is 56.1 Å². The van der Waals surface area contributed by atoms with Crippen molar-refractivity contribution >= 4 is 0 Å². The Balaban J connectivity index is -0.000000339. The maximum atomic E-state index is 5.36. The molecule has 1 atom stereocenters. The van der Waals surface area contributed by atoms with Crippen LogP contribution in [0.15, 0.2) is 18.2 Å². The highest BCUT2D eigenvalue weighted by Crippen LogP contribution is 2.31. The number of fused-ring (bicyclic) bond motifs is 1. The molecule has 1 heteroatoms. The molecule has 0 bridgehead atoms. The summed E-state index contributed by atoms with van der Waals surface area (Å²) in [4.78, 5) is 0. The molecule has 0 saturated heterocycles. The maximum absolute atomic E-state index is 5.36. The fraction of sp³-hybridized carbons (Fsp3) is 0.750. The van der Waals surface area contributed by atoms with Gasteiger partial charge in [-0.15, -0.1) is 0 Å². The van der Waals surface area contributed by atoms with Crippen molar-refractivity contribution in [2.75, 3.05) is 7.11 Å². The average Bonchev–Trinajstić information content (AvgIpc) is 2.70. The first-order valence-electron chi connectivity index (χ1n) is 10.8. The summed E-state index contributed by atoms with van der Waals surface area (Å²) in [6.07, 6.45) is 8.99. The Labute approximate surface area is 160 Å². The predicted octanol–water partition coefficient (Wildman–Crippen LogP) is 8.49. The molecular formula is C24H48O. The van der Waals surface area contributed by atoms with Gasteiger partial charge in [0.25, 0.3) is 0 Å². The zero-order valence-corrected chi connectivity index (χ0v) is 19.2. The lowest BCUT2D eigenvalue weighted by Gasteiger charge is -2.23. The highest BCUT2D eigenvalue weighted by Gasteiger charge is 2.17. The fourth-order valence-electron chi connectivity index (χ4n) is 2.12. The van der Waals surface area contributed by atoms with Gasteiger partial charge in [0, 0.05) is 0 Å². The Kier molecular flexibility index (Phi) is 26.5. The Morgan fingerprint density at radius 1 is 0.880 bits per heavy atom. The SMILES string of the molecule is CC.CC.CCCC.CCCC.COc1cccc2c1CC(C)CC2. The van der Waals surface area contributed by atoms with E-state index in [2.05, 4.69) is 52.8 Å². The lowest BCUT2D eigenvalue weighted by Crippen LogP contribution is -2.12. The van der Waals surface area contributed by atoms with E-state index >= 15 is 0 Å². The molecule has 0 radical (unpaired) electrons. The van der Waals surface area contributed by atoms with Gasteiger partial charge in [-0.1, -0.05) is 100 Å². The van der Waals surface area contributed by atoms with Gasteiger partial charge >= 0.3 is 0 Å². The number of methoxy groups -OCH3 is 1. The van der Waals surface area contributed by atoms with Crippen molar-refractivity contribution in [3.05, 3.63) is 29.3 Å². The second kappa shape index (κ2) is 23.0. The minimum atomic E-state index is 0.809. The molecule has 1 aliphatic rings. The quantitative estimate of drug-likeness (QED) is 0.530. The van der Waals surface area contributed by atoms with E-state index in [1.807, 2.05) is 27.7 Å². The van der Waals surface area contributed by atoms with Gasteiger partial charge in [0.05, 0.1) is 7.11 Å². The van der Waals surface area contributed by atoms with E-state index < -0.39 is 0 Å². The average molecular weight is 353 g/mol. The Morgan fingerprint density at radius 2 is 1.36 bits per heavy atom. The first-order chi connectivity index (χ1) is 12.1. The summed E-state index contributed by atoms with van der Waals surface area (Å²) in [6, 6.07) is 6.38. The van der Waals surface area contributed by atoms with Crippen LogP contribution in [-0.4, -0.2) is 7.11 Å². The number of benzene rings is 1. The zero-order chi connectivity index (χ0) is 20.1. The summed E-state index contributed by atoms with van der Waals surface area (Å²) < 4.78 is 5.36. The molecule has 1 unspecified atom stereocenters. The fourth-order valence-corrected chi connectivity index (χ4v) is 2.12. The molecule has 150 valence electrons. The van der Waals surface area contributed by atoms with Crippen molar-refractivity contribution in [2.45, 2.75) is 107 Å².